The Morgan fingerprint density at radius 2 is 2.07 bits per heavy atom. The minimum absolute atomic E-state index is 0.0643. The van der Waals surface area contributed by atoms with Gasteiger partial charge in [-0.2, -0.15) is 23.3 Å². The van der Waals surface area contributed by atoms with E-state index in [0.29, 0.717) is 13.2 Å². The molecule has 1 fully saturated rings. The van der Waals surface area contributed by atoms with E-state index in [-0.39, 0.29) is 23.0 Å². The van der Waals surface area contributed by atoms with Crippen LogP contribution in [0.15, 0.2) is 23.3 Å². The standard InChI is InChI=1S/C16H19F3N6O2/c1-15(3-4-15)24-13-11(16(17,18)19)9-20-14(23-13)22-10-7-12(26)25(21-8-10)5-6-27-2/h7-9H,3-6H2,1-2H3,(H2,20,22,23,24). The van der Waals surface area contributed by atoms with Crippen LogP contribution >= 0.6 is 0 Å². The Morgan fingerprint density at radius 1 is 1.33 bits per heavy atom. The van der Waals surface area contributed by atoms with Crippen LogP contribution < -0.4 is 16.2 Å². The number of nitrogens with zero attached hydrogens (tertiary/aromatic N) is 4. The van der Waals surface area contributed by atoms with Crippen molar-refractivity contribution in [3.05, 3.63) is 34.4 Å². The van der Waals surface area contributed by atoms with Crippen LogP contribution in [-0.2, 0) is 17.5 Å². The highest BCUT2D eigenvalue weighted by Gasteiger charge is 2.41. The Bertz CT molecular complexity index is 879. The molecule has 0 aromatic carbocycles. The Morgan fingerprint density at radius 3 is 2.67 bits per heavy atom. The molecule has 2 heterocycles. The van der Waals surface area contributed by atoms with Gasteiger partial charge in [-0.25, -0.2) is 9.67 Å². The van der Waals surface area contributed by atoms with Crippen LogP contribution in [0.4, 0.5) is 30.6 Å². The van der Waals surface area contributed by atoms with Gasteiger partial charge in [0.15, 0.2) is 0 Å². The number of hydrogen-bond acceptors (Lipinski definition) is 7. The Hall–Kier alpha value is -2.69. The number of hydrogen-bond donors (Lipinski definition) is 2. The normalized spacial score (nSPS) is 15.4. The lowest BCUT2D eigenvalue weighted by Gasteiger charge is -2.18. The molecular formula is C16H19F3N6O2. The quantitative estimate of drug-likeness (QED) is 0.757. The largest absolute Gasteiger partial charge is 0.421 e. The maximum atomic E-state index is 13.2. The molecular weight excluding hydrogens is 365 g/mol. The summed E-state index contributed by atoms with van der Waals surface area (Å²) < 4.78 is 45.7. The summed E-state index contributed by atoms with van der Waals surface area (Å²) >= 11 is 0. The van der Waals surface area contributed by atoms with Gasteiger partial charge in [-0.15, -0.1) is 0 Å². The summed E-state index contributed by atoms with van der Waals surface area (Å²) in [6, 6.07) is 1.26. The number of nitrogens with one attached hydrogen (secondary N) is 2. The molecule has 0 amide bonds. The molecule has 0 radical (unpaired) electrons. The molecule has 8 nitrogen and oxygen atoms in total. The maximum Gasteiger partial charge on any atom is 0.421 e. The van der Waals surface area contributed by atoms with E-state index in [1.807, 2.05) is 6.92 Å². The highest BCUT2D eigenvalue weighted by molar-refractivity contribution is 5.56. The third-order valence-electron chi connectivity index (χ3n) is 4.15. The number of alkyl halides is 3. The summed E-state index contributed by atoms with van der Waals surface area (Å²) in [5.74, 6) is -0.355. The number of anilines is 3. The SMILES string of the molecule is COCCn1ncc(Nc2ncc(C(F)(F)F)c(NC3(C)CC3)n2)cc1=O. The summed E-state index contributed by atoms with van der Waals surface area (Å²) in [6.45, 7) is 2.44. The molecule has 146 valence electrons. The molecule has 1 aliphatic carbocycles. The van der Waals surface area contributed by atoms with Gasteiger partial charge in [0.1, 0.15) is 11.4 Å². The number of halogens is 3. The van der Waals surface area contributed by atoms with Crippen molar-refractivity contribution in [1.29, 1.82) is 0 Å². The van der Waals surface area contributed by atoms with Gasteiger partial charge in [0.2, 0.25) is 5.95 Å². The number of methoxy groups -OCH3 is 1. The molecule has 2 N–H and O–H groups in total. The zero-order chi connectivity index (χ0) is 19.7. The van der Waals surface area contributed by atoms with Gasteiger partial charge in [0, 0.05) is 24.9 Å². The van der Waals surface area contributed by atoms with Crippen LogP contribution in [0.1, 0.15) is 25.3 Å². The molecule has 0 bridgehead atoms. The minimum Gasteiger partial charge on any atom is -0.383 e. The fraction of sp³-hybridized carbons (Fsp3) is 0.500. The molecule has 2 aromatic rings. The van der Waals surface area contributed by atoms with Gasteiger partial charge in [-0.05, 0) is 19.8 Å². The van der Waals surface area contributed by atoms with Crippen LogP contribution in [0.5, 0.6) is 0 Å². The van der Waals surface area contributed by atoms with E-state index in [9.17, 15) is 18.0 Å². The average molecular weight is 384 g/mol. The zero-order valence-corrected chi connectivity index (χ0v) is 14.8. The fourth-order valence-corrected chi connectivity index (χ4v) is 2.32. The Balaban J connectivity index is 1.83. The molecule has 2 aromatic heterocycles. The fourth-order valence-electron chi connectivity index (χ4n) is 2.32. The van der Waals surface area contributed by atoms with E-state index in [0.717, 1.165) is 19.0 Å². The molecule has 1 saturated carbocycles. The van der Waals surface area contributed by atoms with Crippen molar-refractivity contribution in [3.8, 4) is 0 Å². The van der Waals surface area contributed by atoms with Gasteiger partial charge in [-0.3, -0.25) is 4.79 Å². The second-order valence-electron chi connectivity index (χ2n) is 6.56. The van der Waals surface area contributed by atoms with Crippen LogP contribution in [0.25, 0.3) is 0 Å². The summed E-state index contributed by atoms with van der Waals surface area (Å²) in [6.07, 6.45) is -0.957. The molecule has 3 rings (SSSR count). The van der Waals surface area contributed by atoms with Gasteiger partial charge in [-0.1, -0.05) is 0 Å². The molecule has 0 atom stereocenters. The van der Waals surface area contributed by atoms with Crippen molar-refractivity contribution in [1.82, 2.24) is 19.7 Å². The summed E-state index contributed by atoms with van der Waals surface area (Å²) in [5, 5.41) is 9.52. The maximum absolute atomic E-state index is 13.2. The smallest absolute Gasteiger partial charge is 0.383 e. The molecule has 0 spiro atoms. The van der Waals surface area contributed by atoms with Crippen LogP contribution in [0.2, 0.25) is 0 Å². The first-order valence-corrected chi connectivity index (χ1v) is 8.26. The van der Waals surface area contributed by atoms with Crippen molar-refractivity contribution in [2.75, 3.05) is 24.4 Å². The van der Waals surface area contributed by atoms with Gasteiger partial charge in [0.05, 0.1) is 25.0 Å². The van der Waals surface area contributed by atoms with Crippen LogP contribution in [0.3, 0.4) is 0 Å². The Kier molecular flexibility index (Phi) is 5.05. The molecule has 11 heteroatoms. The highest BCUT2D eigenvalue weighted by Crippen LogP contribution is 2.41. The molecule has 0 saturated heterocycles. The van der Waals surface area contributed by atoms with Crippen molar-refractivity contribution in [2.24, 2.45) is 0 Å². The lowest BCUT2D eigenvalue weighted by Crippen LogP contribution is -2.24. The molecule has 1 aliphatic rings. The molecule has 0 aliphatic heterocycles. The second-order valence-corrected chi connectivity index (χ2v) is 6.56. The minimum atomic E-state index is -4.57. The number of aromatic nitrogens is 4. The first kappa shape index (κ1) is 19.1. The first-order chi connectivity index (χ1) is 12.7. The number of rotatable bonds is 7. The summed E-state index contributed by atoms with van der Waals surface area (Å²) in [5.41, 5.74) is -1.44. The monoisotopic (exact) mass is 384 g/mol. The summed E-state index contributed by atoms with van der Waals surface area (Å²) in [7, 11) is 1.51. The van der Waals surface area contributed by atoms with Gasteiger partial charge in [0.25, 0.3) is 5.56 Å². The van der Waals surface area contributed by atoms with E-state index in [1.165, 1.54) is 24.1 Å². The zero-order valence-electron chi connectivity index (χ0n) is 14.8. The highest BCUT2D eigenvalue weighted by atomic mass is 19.4. The lowest BCUT2D eigenvalue weighted by atomic mass is 10.2. The van der Waals surface area contributed by atoms with Crippen molar-refractivity contribution < 1.29 is 17.9 Å². The van der Waals surface area contributed by atoms with E-state index in [1.54, 1.807) is 0 Å². The summed E-state index contributed by atoms with van der Waals surface area (Å²) in [4.78, 5) is 19.7. The van der Waals surface area contributed by atoms with E-state index < -0.39 is 17.3 Å². The van der Waals surface area contributed by atoms with E-state index in [2.05, 4.69) is 25.7 Å². The van der Waals surface area contributed by atoms with Crippen molar-refractivity contribution in [3.63, 3.8) is 0 Å². The molecule has 27 heavy (non-hydrogen) atoms. The Labute approximate surface area is 152 Å². The third kappa shape index (κ3) is 4.73. The van der Waals surface area contributed by atoms with Gasteiger partial charge >= 0.3 is 6.18 Å². The second kappa shape index (κ2) is 7.14. The predicted molar refractivity (Wildman–Crippen MR) is 92.0 cm³/mol. The molecule has 0 unspecified atom stereocenters. The van der Waals surface area contributed by atoms with Crippen molar-refractivity contribution in [2.45, 2.75) is 38.0 Å². The van der Waals surface area contributed by atoms with E-state index in [4.69, 9.17) is 4.74 Å². The van der Waals surface area contributed by atoms with Gasteiger partial charge < -0.3 is 15.4 Å². The topological polar surface area (TPSA) is 94.0 Å². The van der Waals surface area contributed by atoms with Crippen LogP contribution in [-0.4, -0.2) is 39.0 Å². The predicted octanol–water partition coefficient (Wildman–Crippen LogP) is 2.41. The van der Waals surface area contributed by atoms with Crippen molar-refractivity contribution >= 4 is 17.5 Å². The number of ether oxygens (including phenoxy) is 1. The average Bonchev–Trinajstić information content (AvgIpc) is 3.30. The third-order valence-corrected chi connectivity index (χ3v) is 4.15. The first-order valence-electron chi connectivity index (χ1n) is 8.26. The van der Waals surface area contributed by atoms with Crippen LogP contribution in [0, 0.1) is 0 Å². The van der Waals surface area contributed by atoms with E-state index >= 15 is 0 Å². The lowest BCUT2D eigenvalue weighted by molar-refractivity contribution is -0.137.